The van der Waals surface area contributed by atoms with Gasteiger partial charge < -0.3 is 15.3 Å². The van der Waals surface area contributed by atoms with E-state index in [-0.39, 0.29) is 16.8 Å². The summed E-state index contributed by atoms with van der Waals surface area (Å²) in [6, 6.07) is 8.30. The molecule has 1 aliphatic rings. The molecule has 11 nitrogen and oxygen atoms in total. The first kappa shape index (κ1) is 23.9. The zero-order valence-corrected chi connectivity index (χ0v) is 18.5. The number of carboxylic acids is 1. The molecule has 0 spiro atoms. The van der Waals surface area contributed by atoms with E-state index in [9.17, 15) is 37.3 Å². The molecular formula is C21H21N3O8S. The van der Waals surface area contributed by atoms with Gasteiger partial charge in [0.15, 0.2) is 0 Å². The fourth-order valence-corrected chi connectivity index (χ4v) is 4.11. The largest absolute Gasteiger partial charge is 0.480 e. The van der Waals surface area contributed by atoms with Crippen LogP contribution in [-0.4, -0.2) is 66.8 Å². The molecule has 0 radical (unpaired) electrons. The summed E-state index contributed by atoms with van der Waals surface area (Å²) in [4.78, 5) is 51.1. The van der Waals surface area contributed by atoms with Crippen LogP contribution in [0.15, 0.2) is 47.4 Å². The monoisotopic (exact) mass is 475 g/mol. The number of rotatable bonds is 8. The molecule has 2 aromatic carbocycles. The second-order valence-electron chi connectivity index (χ2n) is 7.52. The van der Waals surface area contributed by atoms with E-state index in [1.54, 1.807) is 31.1 Å². The number of carbonyl (C=O) groups is 4. The molecule has 0 bridgehead atoms. The number of anilines is 2. The average molecular weight is 475 g/mol. The van der Waals surface area contributed by atoms with Crippen molar-refractivity contribution in [2.24, 2.45) is 0 Å². The molecule has 1 heterocycles. The predicted molar refractivity (Wildman–Crippen MR) is 117 cm³/mol. The van der Waals surface area contributed by atoms with Gasteiger partial charge in [-0.15, -0.1) is 0 Å². The fourth-order valence-electron chi connectivity index (χ4n) is 3.44. The summed E-state index contributed by atoms with van der Waals surface area (Å²) in [7, 11) is -1.35. The third-order valence-electron chi connectivity index (χ3n) is 5.10. The van der Waals surface area contributed by atoms with Gasteiger partial charge in [-0.05, 0) is 36.8 Å². The second kappa shape index (κ2) is 9.00. The molecule has 1 atom stereocenters. The van der Waals surface area contributed by atoms with Crippen molar-refractivity contribution in [2.75, 3.05) is 24.3 Å². The molecule has 0 fully saturated rings. The minimum absolute atomic E-state index is 0.0805. The highest BCUT2D eigenvalue weighted by molar-refractivity contribution is 7.86. The number of carbonyl (C=O) groups excluding carboxylic acids is 3. The maximum absolute atomic E-state index is 12.6. The summed E-state index contributed by atoms with van der Waals surface area (Å²) in [6.45, 7) is 0. The van der Waals surface area contributed by atoms with Crippen LogP contribution in [0.25, 0.3) is 0 Å². The van der Waals surface area contributed by atoms with Crippen molar-refractivity contribution in [1.82, 2.24) is 4.90 Å². The number of amides is 3. The normalized spacial score (nSPS) is 14.1. The van der Waals surface area contributed by atoms with Crippen LogP contribution in [0.2, 0.25) is 0 Å². The number of imide groups is 1. The Hall–Kier alpha value is -3.77. The molecular weight excluding hydrogens is 454 g/mol. The Labute approximate surface area is 189 Å². The number of fused-ring (bicyclic) bond motifs is 1. The van der Waals surface area contributed by atoms with E-state index < -0.39 is 57.6 Å². The second-order valence-corrected chi connectivity index (χ2v) is 8.91. The van der Waals surface area contributed by atoms with E-state index >= 15 is 0 Å². The van der Waals surface area contributed by atoms with Crippen LogP contribution in [0.4, 0.5) is 11.4 Å². The molecule has 3 rings (SSSR count). The Balaban J connectivity index is 1.77. The fraction of sp³-hybridized carbons (Fsp3) is 0.238. The van der Waals surface area contributed by atoms with E-state index in [1.807, 2.05) is 0 Å². The van der Waals surface area contributed by atoms with E-state index in [0.717, 1.165) is 0 Å². The van der Waals surface area contributed by atoms with Gasteiger partial charge in [0.1, 0.15) is 10.9 Å². The molecule has 3 N–H and O–H groups in total. The molecule has 0 unspecified atom stereocenters. The van der Waals surface area contributed by atoms with Crippen molar-refractivity contribution in [3.05, 3.63) is 53.6 Å². The number of hydrogen-bond donors (Lipinski definition) is 3. The highest BCUT2D eigenvalue weighted by Crippen LogP contribution is 2.28. The lowest BCUT2D eigenvalue weighted by molar-refractivity contribution is -0.141. The van der Waals surface area contributed by atoms with Gasteiger partial charge in [0.2, 0.25) is 5.91 Å². The van der Waals surface area contributed by atoms with E-state index in [1.165, 1.54) is 30.3 Å². The van der Waals surface area contributed by atoms with Gasteiger partial charge in [-0.3, -0.25) is 23.8 Å². The lowest BCUT2D eigenvalue weighted by atomic mass is 10.1. The Kier molecular flexibility index (Phi) is 6.51. The highest BCUT2D eigenvalue weighted by atomic mass is 32.2. The average Bonchev–Trinajstić information content (AvgIpc) is 2.98. The maximum atomic E-state index is 12.6. The standard InChI is InChI=1S/C21H21N3O8S/c1-23(2)12-7-8-15(17(11-12)33(30,31)32)22-18(25)10-9-16(21(28)29)24-19(26)13-5-3-4-6-14(13)20(24)27/h3-8,11,16H,9-10H2,1-2H3,(H,22,25)(H,28,29)(H,30,31,32)/t16-/m0/s1. The summed E-state index contributed by atoms with van der Waals surface area (Å²) in [5.74, 6) is -3.76. The zero-order valence-electron chi connectivity index (χ0n) is 17.7. The highest BCUT2D eigenvalue weighted by Gasteiger charge is 2.42. The van der Waals surface area contributed by atoms with Crippen molar-refractivity contribution >= 4 is 45.2 Å². The van der Waals surface area contributed by atoms with Crippen LogP contribution in [0.5, 0.6) is 0 Å². The Morgan fingerprint density at radius 3 is 2.12 bits per heavy atom. The van der Waals surface area contributed by atoms with Crippen molar-refractivity contribution in [1.29, 1.82) is 0 Å². The van der Waals surface area contributed by atoms with Crippen molar-refractivity contribution in [3.63, 3.8) is 0 Å². The smallest absolute Gasteiger partial charge is 0.326 e. The number of benzene rings is 2. The van der Waals surface area contributed by atoms with Crippen molar-refractivity contribution in [3.8, 4) is 0 Å². The third kappa shape index (κ3) is 4.86. The van der Waals surface area contributed by atoms with Gasteiger partial charge in [0, 0.05) is 26.2 Å². The lowest BCUT2D eigenvalue weighted by Gasteiger charge is -2.22. The van der Waals surface area contributed by atoms with Gasteiger partial charge in [0.05, 0.1) is 16.8 Å². The van der Waals surface area contributed by atoms with Gasteiger partial charge in [-0.25, -0.2) is 4.79 Å². The summed E-state index contributed by atoms with van der Waals surface area (Å²) < 4.78 is 33.0. The van der Waals surface area contributed by atoms with E-state index in [2.05, 4.69) is 5.32 Å². The molecule has 1 aliphatic heterocycles. The molecule has 0 aliphatic carbocycles. The first-order chi connectivity index (χ1) is 15.4. The first-order valence-electron chi connectivity index (χ1n) is 9.70. The summed E-state index contributed by atoms with van der Waals surface area (Å²) in [6.07, 6.45) is -0.839. The molecule has 0 aromatic heterocycles. The van der Waals surface area contributed by atoms with Crippen LogP contribution in [-0.2, 0) is 19.7 Å². The molecule has 33 heavy (non-hydrogen) atoms. The van der Waals surface area contributed by atoms with Crippen LogP contribution in [0, 0.1) is 0 Å². The van der Waals surface area contributed by atoms with Crippen LogP contribution < -0.4 is 10.2 Å². The Bertz CT molecular complexity index is 1220. The minimum atomic E-state index is -4.67. The Morgan fingerprint density at radius 2 is 1.64 bits per heavy atom. The summed E-state index contributed by atoms with van der Waals surface area (Å²) in [5.41, 5.74) is 0.423. The molecule has 2 aromatic rings. The topological polar surface area (TPSA) is 161 Å². The molecule has 0 saturated heterocycles. The minimum Gasteiger partial charge on any atom is -0.480 e. The number of nitrogens with zero attached hydrogens (tertiary/aromatic N) is 2. The predicted octanol–water partition coefficient (Wildman–Crippen LogP) is 1.47. The SMILES string of the molecule is CN(C)c1ccc(NC(=O)CC[C@@H](C(=O)O)N2C(=O)c3ccccc3C2=O)c(S(=O)(=O)O)c1. The summed E-state index contributed by atoms with van der Waals surface area (Å²) >= 11 is 0. The first-order valence-corrected chi connectivity index (χ1v) is 11.1. The van der Waals surface area contributed by atoms with Gasteiger partial charge in [-0.1, -0.05) is 12.1 Å². The van der Waals surface area contributed by atoms with Crippen LogP contribution in [0.3, 0.4) is 0 Å². The quantitative estimate of drug-likeness (QED) is 0.379. The number of carboxylic acid groups (broad SMARTS) is 1. The Morgan fingerprint density at radius 1 is 1.06 bits per heavy atom. The number of nitrogens with one attached hydrogen (secondary N) is 1. The molecule has 3 amide bonds. The maximum Gasteiger partial charge on any atom is 0.326 e. The number of hydrogen-bond acceptors (Lipinski definition) is 7. The zero-order chi connectivity index (χ0) is 24.5. The number of aliphatic carboxylic acids is 1. The van der Waals surface area contributed by atoms with Gasteiger partial charge in [-0.2, -0.15) is 8.42 Å². The van der Waals surface area contributed by atoms with Gasteiger partial charge in [0.25, 0.3) is 21.9 Å². The van der Waals surface area contributed by atoms with Gasteiger partial charge >= 0.3 is 5.97 Å². The summed E-state index contributed by atoms with van der Waals surface area (Å²) in [5, 5.41) is 11.9. The lowest BCUT2D eigenvalue weighted by Crippen LogP contribution is -2.45. The van der Waals surface area contributed by atoms with Crippen LogP contribution in [0.1, 0.15) is 33.6 Å². The third-order valence-corrected chi connectivity index (χ3v) is 5.99. The van der Waals surface area contributed by atoms with E-state index in [4.69, 9.17) is 0 Å². The van der Waals surface area contributed by atoms with Crippen molar-refractivity contribution in [2.45, 2.75) is 23.8 Å². The van der Waals surface area contributed by atoms with Crippen molar-refractivity contribution < 1.29 is 37.3 Å². The molecule has 0 saturated carbocycles. The van der Waals surface area contributed by atoms with Crippen LogP contribution >= 0.6 is 0 Å². The molecule has 12 heteroatoms. The molecule has 174 valence electrons. The van der Waals surface area contributed by atoms with E-state index in [0.29, 0.717) is 10.6 Å².